The molecule has 0 atom stereocenters. The van der Waals surface area contributed by atoms with Crippen molar-refractivity contribution in [3.63, 3.8) is 0 Å². The molecule has 0 amide bonds. The van der Waals surface area contributed by atoms with E-state index in [2.05, 4.69) is 14.5 Å². The molecule has 0 saturated heterocycles. The van der Waals surface area contributed by atoms with Gasteiger partial charge in [-0.1, -0.05) is 11.3 Å². The summed E-state index contributed by atoms with van der Waals surface area (Å²) in [4.78, 5) is 8.32. The highest BCUT2D eigenvalue weighted by atomic mass is 32.1. The average molecular weight is 282 g/mol. The lowest BCUT2D eigenvalue weighted by Gasteiger charge is -1.93. The van der Waals surface area contributed by atoms with Gasteiger partial charge in [0.25, 0.3) is 0 Å². The summed E-state index contributed by atoms with van der Waals surface area (Å²) in [5.41, 5.74) is 3.66. The van der Waals surface area contributed by atoms with E-state index in [1.165, 1.54) is 10.1 Å². The molecule has 0 fully saturated rings. The number of hydrogen-bond acceptors (Lipinski definition) is 3. The Bertz CT molecular complexity index is 1090. The first-order chi connectivity index (χ1) is 11.1. The topological polar surface area (TPSA) is 34.6 Å². The highest BCUT2D eigenvalue weighted by Crippen LogP contribution is 2.38. The molecule has 96 valence electrons. The molecule has 1 aliphatic heterocycles. The van der Waals surface area contributed by atoms with Crippen LogP contribution < -0.4 is 4.57 Å². The molecule has 5 heterocycles. The third-order valence-corrected chi connectivity index (χ3v) is 5.11. The molecule has 5 heteroatoms. The Morgan fingerprint density at radius 1 is 1.30 bits per heavy atom. The predicted octanol–water partition coefficient (Wildman–Crippen LogP) is 2.50. The van der Waals surface area contributed by atoms with Crippen LogP contribution in [0.1, 0.15) is 9.68 Å². The van der Waals surface area contributed by atoms with Crippen molar-refractivity contribution in [2.75, 3.05) is 0 Å². The van der Waals surface area contributed by atoms with Crippen LogP contribution in [0.15, 0.2) is 36.9 Å². The molecule has 20 heavy (non-hydrogen) atoms. The Kier molecular flexibility index (Phi) is 1.39. The first kappa shape index (κ1) is 8.11. The van der Waals surface area contributed by atoms with Gasteiger partial charge < -0.3 is 0 Å². The molecule has 0 aliphatic carbocycles. The van der Waals surface area contributed by atoms with Crippen molar-refractivity contribution in [2.45, 2.75) is 6.54 Å². The van der Waals surface area contributed by atoms with Crippen LogP contribution in [0.2, 0.25) is 0 Å². The molecular formula is C15H11N4S+. The minimum Gasteiger partial charge on any atom is -0.264 e. The van der Waals surface area contributed by atoms with Crippen LogP contribution in [-0.4, -0.2) is 14.5 Å². The van der Waals surface area contributed by atoms with E-state index in [4.69, 9.17) is 4.11 Å². The van der Waals surface area contributed by atoms with Gasteiger partial charge in [-0.3, -0.25) is 9.97 Å². The fraction of sp³-hybridized carbons (Fsp3) is 0.133. The van der Waals surface area contributed by atoms with Crippen molar-refractivity contribution in [3.8, 4) is 10.6 Å². The van der Waals surface area contributed by atoms with E-state index in [0.29, 0.717) is 12.1 Å². The Balaban J connectivity index is 1.97. The van der Waals surface area contributed by atoms with Gasteiger partial charge in [-0.25, -0.2) is 9.13 Å². The summed E-state index contributed by atoms with van der Waals surface area (Å²) in [6.07, 6.45) is 6.96. The van der Waals surface area contributed by atoms with Crippen LogP contribution in [0, 0.1) is 0 Å². The highest BCUT2D eigenvalue weighted by Gasteiger charge is 2.32. The van der Waals surface area contributed by atoms with Gasteiger partial charge in [0.2, 0.25) is 0 Å². The van der Waals surface area contributed by atoms with Crippen molar-refractivity contribution in [2.24, 2.45) is 6.98 Å². The van der Waals surface area contributed by atoms with E-state index < -0.39 is 6.98 Å². The molecular weight excluding hydrogens is 268 g/mol. The van der Waals surface area contributed by atoms with Crippen molar-refractivity contribution < 1.29 is 8.68 Å². The van der Waals surface area contributed by atoms with Crippen LogP contribution in [0.25, 0.3) is 31.8 Å². The molecule has 4 aromatic rings. The molecule has 5 rings (SSSR count). The van der Waals surface area contributed by atoms with Gasteiger partial charge in [0, 0.05) is 24.2 Å². The molecule has 0 aromatic carbocycles. The molecule has 4 nitrogen and oxygen atoms in total. The summed E-state index contributed by atoms with van der Waals surface area (Å²) < 4.78 is 28.4. The maximum absolute atomic E-state index is 7.96. The zero-order chi connectivity index (χ0) is 15.8. The number of fused-ring (bicyclic) bond motifs is 7. The minimum absolute atomic E-state index is 0.651. The fourth-order valence-electron chi connectivity index (χ4n) is 2.96. The van der Waals surface area contributed by atoms with E-state index in [1.807, 2.05) is 18.3 Å². The van der Waals surface area contributed by atoms with Crippen LogP contribution in [0.5, 0.6) is 0 Å². The number of aryl methyl sites for hydroxylation is 1. The smallest absolute Gasteiger partial charge is 0.264 e. The molecule has 0 N–H and O–H groups in total. The number of aromatic nitrogens is 4. The number of pyridine rings is 2. The fourth-order valence-corrected chi connectivity index (χ4v) is 4.28. The van der Waals surface area contributed by atoms with E-state index in [9.17, 15) is 0 Å². The Morgan fingerprint density at radius 3 is 3.15 bits per heavy atom. The summed E-state index contributed by atoms with van der Waals surface area (Å²) in [5.74, 6) is 0. The molecule has 0 saturated carbocycles. The Morgan fingerprint density at radius 2 is 2.20 bits per heavy atom. The number of rotatable bonds is 0. The molecule has 0 bridgehead atoms. The average Bonchev–Trinajstić information content (AvgIpc) is 3.13. The van der Waals surface area contributed by atoms with E-state index >= 15 is 0 Å². The van der Waals surface area contributed by atoms with E-state index in [-0.39, 0.29) is 0 Å². The summed E-state index contributed by atoms with van der Waals surface area (Å²) in [7, 11) is 0. The summed E-state index contributed by atoms with van der Waals surface area (Å²) >= 11 is 1.62. The van der Waals surface area contributed by atoms with Gasteiger partial charge in [-0.15, -0.1) is 0 Å². The normalized spacial score (nSPS) is 15.9. The van der Waals surface area contributed by atoms with Gasteiger partial charge in [-0.2, -0.15) is 0 Å². The van der Waals surface area contributed by atoms with Crippen molar-refractivity contribution in [1.29, 1.82) is 0 Å². The minimum atomic E-state index is -2.25. The first-order valence-electron chi connectivity index (χ1n) is 7.80. The van der Waals surface area contributed by atoms with Gasteiger partial charge in [-0.05, 0) is 12.1 Å². The third kappa shape index (κ3) is 1.10. The quantitative estimate of drug-likeness (QED) is 0.409. The Labute approximate surface area is 123 Å². The van der Waals surface area contributed by atoms with E-state index in [0.717, 1.165) is 26.3 Å². The number of thiazole rings is 1. The Hall–Kier alpha value is -2.27. The second kappa shape index (κ2) is 3.43. The summed E-state index contributed by atoms with van der Waals surface area (Å²) in [5, 5.41) is 2.00. The van der Waals surface area contributed by atoms with Crippen molar-refractivity contribution >= 4 is 32.6 Å². The predicted molar refractivity (Wildman–Crippen MR) is 78.6 cm³/mol. The zero-order valence-electron chi connectivity index (χ0n) is 13.4. The second-order valence-corrected chi connectivity index (χ2v) is 5.91. The lowest BCUT2D eigenvalue weighted by Crippen LogP contribution is -2.32. The molecule has 0 unspecified atom stereocenters. The van der Waals surface area contributed by atoms with Crippen LogP contribution in [0.3, 0.4) is 0 Å². The molecule has 4 aromatic heterocycles. The van der Waals surface area contributed by atoms with Gasteiger partial charge in [0.15, 0.2) is 10.5 Å². The lowest BCUT2D eigenvalue weighted by molar-refractivity contribution is -0.644. The molecule has 0 radical (unpaired) electrons. The molecule has 0 spiro atoms. The van der Waals surface area contributed by atoms with Crippen LogP contribution in [-0.2, 0) is 13.5 Å². The lowest BCUT2D eigenvalue weighted by atomic mass is 10.2. The van der Waals surface area contributed by atoms with Gasteiger partial charge >= 0.3 is 5.65 Å². The first-order valence-corrected chi connectivity index (χ1v) is 7.12. The van der Waals surface area contributed by atoms with Gasteiger partial charge in [0.1, 0.15) is 11.2 Å². The number of hydrogen-bond donors (Lipinski definition) is 0. The third-order valence-electron chi connectivity index (χ3n) is 3.87. The zero-order valence-corrected chi connectivity index (χ0v) is 11.2. The second-order valence-electron chi connectivity index (χ2n) is 4.91. The highest BCUT2D eigenvalue weighted by molar-refractivity contribution is 7.22. The van der Waals surface area contributed by atoms with Gasteiger partial charge in [0.05, 0.1) is 28.2 Å². The number of nitrogens with zero attached hydrogens (tertiary/aromatic N) is 4. The van der Waals surface area contributed by atoms with Crippen molar-refractivity contribution in [3.05, 3.63) is 42.5 Å². The SMILES string of the molecule is [2H]C([2H])([2H])n1c2cnccc2c2sc3[n+](c21)Cc1ccncc1-3. The maximum Gasteiger partial charge on any atom is 0.301 e. The van der Waals surface area contributed by atoms with E-state index in [1.54, 1.807) is 29.9 Å². The largest absolute Gasteiger partial charge is 0.301 e. The van der Waals surface area contributed by atoms with Crippen LogP contribution in [0.4, 0.5) is 0 Å². The summed E-state index contributed by atoms with van der Waals surface area (Å²) in [6.45, 7) is -1.58. The maximum atomic E-state index is 7.96. The standard InChI is InChI=1S/C15H11N4S/c1-18-12-7-17-5-3-10(12)13-14(18)19-8-9-2-4-16-6-11(9)15(19)20-13/h2-7H,8H2,1H3/q+1/i1D3. The van der Waals surface area contributed by atoms with Crippen LogP contribution >= 0.6 is 11.3 Å². The monoisotopic (exact) mass is 282 g/mol. The molecule has 1 aliphatic rings. The summed E-state index contributed by atoms with van der Waals surface area (Å²) in [6, 6.07) is 3.88. The van der Waals surface area contributed by atoms with Crippen molar-refractivity contribution in [1.82, 2.24) is 14.5 Å².